The Kier molecular flexibility index (Phi) is 7.87. The Bertz CT molecular complexity index is 1160. The third-order valence-electron chi connectivity index (χ3n) is 4.71. The van der Waals surface area contributed by atoms with Crippen LogP contribution in [0.4, 0.5) is 16.4 Å². The van der Waals surface area contributed by atoms with Gasteiger partial charge in [-0.05, 0) is 43.3 Å². The number of carbonyl (C=O) groups excluding carboxylic acids is 1. The highest BCUT2D eigenvalue weighted by Crippen LogP contribution is 2.33. The molecule has 0 aliphatic carbocycles. The van der Waals surface area contributed by atoms with Crippen LogP contribution in [0, 0.1) is 0 Å². The van der Waals surface area contributed by atoms with Crippen LogP contribution in [0.5, 0.6) is 5.88 Å². The number of hydrogen-bond donors (Lipinski definition) is 1. The highest BCUT2D eigenvalue weighted by Gasteiger charge is 2.19. The van der Waals surface area contributed by atoms with Crippen LogP contribution < -0.4 is 10.1 Å². The van der Waals surface area contributed by atoms with E-state index < -0.39 is 16.7 Å². The first-order chi connectivity index (χ1) is 16.1. The minimum atomic E-state index is -1.84. The average Bonchev–Trinajstić information content (AvgIpc) is 3.53. The maximum atomic E-state index is 12.1. The van der Waals surface area contributed by atoms with E-state index in [9.17, 15) is 9.00 Å². The van der Waals surface area contributed by atoms with Crippen molar-refractivity contribution in [2.75, 3.05) is 25.1 Å². The Balaban J connectivity index is 1.49. The highest BCUT2D eigenvalue weighted by atomic mass is 32.2. The molecule has 1 unspecified atom stereocenters. The predicted octanol–water partition coefficient (Wildman–Crippen LogP) is 5.17. The Labute approximate surface area is 197 Å². The molecule has 1 aliphatic heterocycles. The van der Waals surface area contributed by atoms with Crippen molar-refractivity contribution >= 4 is 39.7 Å². The molecule has 1 atom stereocenters. The monoisotopic (exact) mass is 487 g/mol. The van der Waals surface area contributed by atoms with Crippen LogP contribution in [0.1, 0.15) is 19.8 Å². The van der Waals surface area contributed by atoms with Gasteiger partial charge in [0.2, 0.25) is 11.8 Å². The molecule has 1 aliphatic rings. The van der Waals surface area contributed by atoms with Crippen molar-refractivity contribution in [3.63, 3.8) is 0 Å². The van der Waals surface area contributed by atoms with Gasteiger partial charge >= 0.3 is 6.09 Å². The van der Waals surface area contributed by atoms with E-state index in [0.29, 0.717) is 29.0 Å². The van der Waals surface area contributed by atoms with Crippen molar-refractivity contribution in [1.82, 2.24) is 9.97 Å². The SMILES string of the molecule is CCOC(=O)N=[S-](=O)c1ccc(Nc2ncc(-c3cccs3)c(OCC3CCCO3)n2)cc1. The number of ether oxygens (including phenoxy) is 3. The molecule has 1 fully saturated rings. The number of nitrogens with one attached hydrogen (secondary N) is 1. The van der Waals surface area contributed by atoms with Gasteiger partial charge in [0.15, 0.2) is 0 Å². The second-order valence-electron chi connectivity index (χ2n) is 7.02. The molecule has 33 heavy (non-hydrogen) atoms. The maximum Gasteiger partial charge on any atom is 0.410 e. The summed E-state index contributed by atoms with van der Waals surface area (Å²) in [7, 11) is -1.84. The normalized spacial score (nSPS) is 16.5. The van der Waals surface area contributed by atoms with E-state index in [1.807, 2.05) is 17.5 Å². The fraction of sp³-hybridized carbons (Fsp3) is 0.318. The standard InChI is InChI=1S/C22H23N4O5S2/c1-2-29-22(27)26-33(28)17-9-7-15(8-10-17)24-21-23-13-18(19-6-4-12-32-19)20(25-21)31-14-16-5-3-11-30-16/h4,6-10,12-13,16H,2-3,5,11,14H2,1H3,(H,23,24,25)/q-1. The van der Waals surface area contributed by atoms with Gasteiger partial charge in [-0.25, -0.2) is 9.78 Å². The summed E-state index contributed by atoms with van der Waals surface area (Å²) in [5, 5.41) is 5.11. The van der Waals surface area contributed by atoms with E-state index in [0.717, 1.165) is 29.9 Å². The van der Waals surface area contributed by atoms with Crippen LogP contribution in [0.25, 0.3) is 10.4 Å². The topological polar surface area (TPSA) is 112 Å². The van der Waals surface area contributed by atoms with Gasteiger partial charge in [-0.15, -0.1) is 21.9 Å². The largest absolute Gasteiger partial charge is 0.474 e. The van der Waals surface area contributed by atoms with Gasteiger partial charge in [0.05, 0.1) is 18.3 Å². The first-order valence-electron chi connectivity index (χ1n) is 10.4. The maximum absolute atomic E-state index is 12.1. The zero-order chi connectivity index (χ0) is 23.0. The lowest BCUT2D eigenvalue weighted by Crippen LogP contribution is -2.17. The lowest BCUT2D eigenvalue weighted by Gasteiger charge is -2.14. The van der Waals surface area contributed by atoms with Crippen molar-refractivity contribution in [3.05, 3.63) is 48.0 Å². The highest BCUT2D eigenvalue weighted by molar-refractivity contribution is 7.75. The third kappa shape index (κ3) is 6.28. The van der Waals surface area contributed by atoms with Gasteiger partial charge in [0.25, 0.3) is 0 Å². The molecule has 1 saturated heterocycles. The van der Waals surface area contributed by atoms with Gasteiger partial charge in [-0.2, -0.15) is 4.98 Å². The summed E-state index contributed by atoms with van der Waals surface area (Å²) in [6, 6.07) is 10.6. The van der Waals surface area contributed by atoms with Gasteiger partial charge in [0, 0.05) is 23.4 Å². The number of anilines is 2. The summed E-state index contributed by atoms with van der Waals surface area (Å²) in [6.07, 6.45) is 2.96. The first-order valence-corrected chi connectivity index (χ1v) is 12.4. The van der Waals surface area contributed by atoms with Crippen LogP contribution >= 0.6 is 11.3 Å². The summed E-state index contributed by atoms with van der Waals surface area (Å²) >= 11 is 1.59. The van der Waals surface area contributed by atoms with Crippen LogP contribution in [-0.2, 0) is 24.3 Å². The van der Waals surface area contributed by atoms with Crippen molar-refractivity contribution in [2.24, 2.45) is 4.36 Å². The Hall–Kier alpha value is -3.02. The second-order valence-corrected chi connectivity index (χ2v) is 9.12. The van der Waals surface area contributed by atoms with Crippen LogP contribution in [-0.4, -0.2) is 42.0 Å². The number of hydrogen-bond acceptors (Lipinski definition) is 10. The predicted molar refractivity (Wildman–Crippen MR) is 125 cm³/mol. The fourth-order valence-electron chi connectivity index (χ4n) is 3.14. The Morgan fingerprint density at radius 2 is 2.18 bits per heavy atom. The Morgan fingerprint density at radius 3 is 2.88 bits per heavy atom. The number of rotatable bonds is 8. The second kappa shape index (κ2) is 11.2. The van der Waals surface area contributed by atoms with E-state index in [-0.39, 0.29) is 12.7 Å². The summed E-state index contributed by atoms with van der Waals surface area (Å²) in [5.41, 5.74) is 1.50. The molecule has 1 N–H and O–H groups in total. The number of thiophene rings is 1. The van der Waals surface area contributed by atoms with Crippen LogP contribution in [0.3, 0.4) is 0 Å². The summed E-state index contributed by atoms with van der Waals surface area (Å²) in [6.45, 7) is 3.02. The summed E-state index contributed by atoms with van der Waals surface area (Å²) in [5.74, 6) is 0.846. The van der Waals surface area contributed by atoms with E-state index in [1.165, 1.54) is 0 Å². The van der Waals surface area contributed by atoms with Gasteiger partial charge < -0.3 is 23.7 Å². The number of benzene rings is 1. The van der Waals surface area contributed by atoms with Crippen molar-refractivity contribution < 1.29 is 23.2 Å². The van der Waals surface area contributed by atoms with Gasteiger partial charge in [0.1, 0.15) is 6.61 Å². The summed E-state index contributed by atoms with van der Waals surface area (Å²) in [4.78, 5) is 21.8. The molecule has 3 heterocycles. The van der Waals surface area contributed by atoms with E-state index in [2.05, 4.69) is 19.6 Å². The first kappa shape index (κ1) is 23.1. The Morgan fingerprint density at radius 1 is 1.33 bits per heavy atom. The average molecular weight is 488 g/mol. The zero-order valence-electron chi connectivity index (χ0n) is 17.9. The molecule has 2 aromatic heterocycles. The van der Waals surface area contributed by atoms with Crippen molar-refractivity contribution in [2.45, 2.75) is 30.8 Å². The molecular formula is C22H23N4O5S2-. The van der Waals surface area contributed by atoms with Gasteiger partial charge in [-0.3, -0.25) is 4.36 Å². The van der Waals surface area contributed by atoms with Crippen molar-refractivity contribution in [3.8, 4) is 16.3 Å². The number of aromatic nitrogens is 2. The molecule has 174 valence electrons. The molecule has 0 bridgehead atoms. The molecule has 1 aromatic carbocycles. The lowest BCUT2D eigenvalue weighted by molar-refractivity contribution is 0.0666. The van der Waals surface area contributed by atoms with E-state index in [1.54, 1.807) is 48.7 Å². The number of nitrogens with zero attached hydrogens (tertiary/aromatic N) is 3. The molecule has 0 saturated carbocycles. The minimum Gasteiger partial charge on any atom is -0.474 e. The van der Waals surface area contributed by atoms with Crippen molar-refractivity contribution in [1.29, 1.82) is 0 Å². The molecular weight excluding hydrogens is 464 g/mol. The van der Waals surface area contributed by atoms with Crippen LogP contribution in [0.2, 0.25) is 0 Å². The quantitative estimate of drug-likeness (QED) is 0.433. The summed E-state index contributed by atoms with van der Waals surface area (Å²) < 4.78 is 32.0. The smallest absolute Gasteiger partial charge is 0.410 e. The molecule has 0 spiro atoms. The molecule has 4 rings (SSSR count). The van der Waals surface area contributed by atoms with Crippen LogP contribution in [0.15, 0.2) is 57.2 Å². The minimum absolute atomic E-state index is 0.0704. The molecule has 3 aromatic rings. The van der Waals surface area contributed by atoms with E-state index in [4.69, 9.17) is 14.2 Å². The lowest BCUT2D eigenvalue weighted by atomic mass is 10.2. The van der Waals surface area contributed by atoms with E-state index >= 15 is 0 Å². The van der Waals surface area contributed by atoms with Gasteiger partial charge in [-0.1, -0.05) is 23.1 Å². The zero-order valence-corrected chi connectivity index (χ0v) is 19.6. The molecule has 9 nitrogen and oxygen atoms in total. The third-order valence-corrected chi connectivity index (χ3v) is 6.60. The number of amides is 1. The molecule has 1 amide bonds. The molecule has 0 radical (unpaired) electrons. The fourth-order valence-corrected chi connectivity index (χ4v) is 4.53. The molecule has 11 heteroatoms. The number of carbonyl (C=O) groups is 1.